The zero-order valence-electron chi connectivity index (χ0n) is 24.1. The Bertz CT molecular complexity index is 1370. The molecule has 4 aromatic rings. The van der Waals surface area contributed by atoms with Gasteiger partial charge in [-0.3, -0.25) is 0 Å². The lowest BCUT2D eigenvalue weighted by Crippen LogP contribution is -2.12. The highest BCUT2D eigenvalue weighted by molar-refractivity contribution is 7.43. The summed E-state index contributed by atoms with van der Waals surface area (Å²) in [5, 5.41) is 11.6. The minimum Gasteiger partial charge on any atom is -0.507 e. The van der Waals surface area contributed by atoms with Crippen molar-refractivity contribution in [3.8, 4) is 45.6 Å². The van der Waals surface area contributed by atoms with Crippen LogP contribution >= 0.6 is 8.60 Å². The van der Waals surface area contributed by atoms with Crippen LogP contribution in [0.1, 0.15) is 51.7 Å². The van der Waals surface area contributed by atoms with Gasteiger partial charge in [0.05, 0.1) is 14.2 Å². The second-order valence-electron chi connectivity index (χ2n) is 10.7. The van der Waals surface area contributed by atoms with Crippen LogP contribution in [-0.4, -0.2) is 19.3 Å². The van der Waals surface area contributed by atoms with Gasteiger partial charge >= 0.3 is 8.60 Å². The fraction of sp³-hybridized carbons (Fsp3) is 0.273. The minimum atomic E-state index is -1.96. The van der Waals surface area contributed by atoms with Gasteiger partial charge in [-0.1, -0.05) is 71.0 Å². The molecule has 0 amide bonds. The molecule has 6 nitrogen and oxygen atoms in total. The summed E-state index contributed by atoms with van der Waals surface area (Å²) in [6, 6.07) is 26.3. The van der Waals surface area contributed by atoms with Crippen molar-refractivity contribution >= 4 is 8.60 Å². The molecule has 0 spiro atoms. The third-order valence-electron chi connectivity index (χ3n) is 6.38. The number of rotatable bonds is 10. The van der Waals surface area contributed by atoms with E-state index in [-0.39, 0.29) is 17.1 Å². The van der Waals surface area contributed by atoms with Gasteiger partial charge in [0, 0.05) is 22.3 Å². The van der Waals surface area contributed by atoms with Gasteiger partial charge in [-0.25, -0.2) is 0 Å². The summed E-state index contributed by atoms with van der Waals surface area (Å²) in [6.07, 6.45) is 0. The Balaban J connectivity index is 1.92. The Labute approximate surface area is 238 Å². The molecule has 40 heavy (non-hydrogen) atoms. The SMILES string of the molecule is COc1cc(-c2cc(OC)cc(C(C)(C)C)c2O)c(OP(Oc2ccccc2)Oc2ccccc2)c(C(C)C)c1. The van der Waals surface area contributed by atoms with Crippen LogP contribution in [0.15, 0.2) is 84.9 Å². The summed E-state index contributed by atoms with van der Waals surface area (Å²) in [4.78, 5) is 0. The number of hydrogen-bond donors (Lipinski definition) is 1. The molecule has 4 rings (SSSR count). The number of hydrogen-bond acceptors (Lipinski definition) is 6. The summed E-state index contributed by atoms with van der Waals surface area (Å²) in [6.45, 7) is 10.3. The Morgan fingerprint density at radius 1 is 0.650 bits per heavy atom. The van der Waals surface area contributed by atoms with Gasteiger partial charge in [-0.05, 0) is 59.9 Å². The highest BCUT2D eigenvalue weighted by atomic mass is 31.2. The largest absolute Gasteiger partial charge is 0.530 e. The van der Waals surface area contributed by atoms with Gasteiger partial charge in [0.15, 0.2) is 0 Å². The highest BCUT2D eigenvalue weighted by Crippen LogP contribution is 2.52. The number of aromatic hydroxyl groups is 1. The van der Waals surface area contributed by atoms with Gasteiger partial charge in [0.1, 0.15) is 34.5 Å². The van der Waals surface area contributed by atoms with E-state index < -0.39 is 8.60 Å². The fourth-order valence-electron chi connectivity index (χ4n) is 4.24. The third kappa shape index (κ3) is 6.81. The van der Waals surface area contributed by atoms with Crippen LogP contribution in [-0.2, 0) is 5.41 Å². The Morgan fingerprint density at radius 3 is 1.62 bits per heavy atom. The number of phenolic OH excluding ortho intramolecular Hbond substituents is 1. The van der Waals surface area contributed by atoms with E-state index in [0.29, 0.717) is 39.9 Å². The molecule has 0 radical (unpaired) electrons. The van der Waals surface area contributed by atoms with Crippen molar-refractivity contribution in [2.24, 2.45) is 0 Å². The van der Waals surface area contributed by atoms with E-state index in [9.17, 15) is 5.11 Å². The number of benzene rings is 4. The van der Waals surface area contributed by atoms with Crippen LogP contribution in [0.5, 0.6) is 34.5 Å². The van der Waals surface area contributed by atoms with E-state index >= 15 is 0 Å². The molecular formula is C33H37O6P. The standard InChI is InChI=1S/C33H37O6P/c1-22(2)27-18-25(35-6)20-29(28-19-26(36-7)21-30(31(28)34)33(3,4)5)32(27)39-40(37-23-14-10-8-11-15-23)38-24-16-12-9-13-17-24/h8-22,34H,1-7H3. The maximum Gasteiger partial charge on any atom is 0.530 e. The van der Waals surface area contributed by atoms with Gasteiger partial charge in [-0.15, -0.1) is 0 Å². The smallest absolute Gasteiger partial charge is 0.507 e. The van der Waals surface area contributed by atoms with Crippen molar-refractivity contribution in [1.29, 1.82) is 0 Å². The lowest BCUT2D eigenvalue weighted by atomic mass is 9.83. The molecule has 7 heteroatoms. The second kappa shape index (κ2) is 12.5. The Hall–Kier alpha value is -3.89. The molecular weight excluding hydrogens is 523 g/mol. The fourth-order valence-corrected chi connectivity index (χ4v) is 5.29. The summed E-state index contributed by atoms with van der Waals surface area (Å²) >= 11 is 0. The van der Waals surface area contributed by atoms with Gasteiger partial charge in [-0.2, -0.15) is 0 Å². The molecule has 0 atom stereocenters. The molecule has 210 valence electrons. The molecule has 0 saturated heterocycles. The molecule has 0 aliphatic carbocycles. The number of phenols is 1. The molecule has 0 unspecified atom stereocenters. The first-order valence-electron chi connectivity index (χ1n) is 13.2. The average molecular weight is 561 g/mol. The first-order chi connectivity index (χ1) is 19.1. The molecule has 0 fully saturated rings. The number of para-hydroxylation sites is 2. The molecule has 0 aliphatic heterocycles. The first-order valence-corrected chi connectivity index (χ1v) is 14.3. The molecule has 0 aromatic heterocycles. The van der Waals surface area contributed by atoms with Crippen molar-refractivity contribution in [3.05, 3.63) is 96.1 Å². The van der Waals surface area contributed by atoms with E-state index in [1.807, 2.05) is 84.9 Å². The predicted molar refractivity (Wildman–Crippen MR) is 161 cm³/mol. The van der Waals surface area contributed by atoms with Crippen molar-refractivity contribution in [3.63, 3.8) is 0 Å². The van der Waals surface area contributed by atoms with Crippen LogP contribution in [0.3, 0.4) is 0 Å². The zero-order valence-corrected chi connectivity index (χ0v) is 25.0. The number of methoxy groups -OCH3 is 2. The lowest BCUT2D eigenvalue weighted by Gasteiger charge is -2.26. The topological polar surface area (TPSA) is 66.4 Å². The summed E-state index contributed by atoms with van der Waals surface area (Å²) in [5.41, 5.74) is 2.51. The van der Waals surface area contributed by atoms with Crippen LogP contribution < -0.4 is 23.0 Å². The summed E-state index contributed by atoms with van der Waals surface area (Å²) in [7, 11) is 1.29. The molecule has 0 bridgehead atoms. The van der Waals surface area contributed by atoms with Crippen LogP contribution in [0.2, 0.25) is 0 Å². The zero-order chi connectivity index (χ0) is 28.9. The third-order valence-corrected chi connectivity index (χ3v) is 7.43. The van der Waals surface area contributed by atoms with E-state index in [1.165, 1.54) is 0 Å². The highest BCUT2D eigenvalue weighted by Gasteiger charge is 2.29. The van der Waals surface area contributed by atoms with E-state index in [0.717, 1.165) is 11.1 Å². The van der Waals surface area contributed by atoms with Crippen molar-refractivity contribution in [2.45, 2.75) is 46.0 Å². The van der Waals surface area contributed by atoms with E-state index in [4.69, 9.17) is 23.0 Å². The van der Waals surface area contributed by atoms with Crippen molar-refractivity contribution in [1.82, 2.24) is 0 Å². The minimum absolute atomic E-state index is 0.0592. The molecule has 0 heterocycles. The average Bonchev–Trinajstić information content (AvgIpc) is 2.93. The predicted octanol–water partition coefficient (Wildman–Crippen LogP) is 9.26. The first kappa shape index (κ1) is 29.1. The van der Waals surface area contributed by atoms with E-state index in [1.54, 1.807) is 14.2 Å². The van der Waals surface area contributed by atoms with E-state index in [2.05, 4.69) is 34.6 Å². The quantitative estimate of drug-likeness (QED) is 0.195. The Kier molecular flexibility index (Phi) is 9.11. The monoisotopic (exact) mass is 560 g/mol. The molecule has 1 N–H and O–H groups in total. The van der Waals surface area contributed by atoms with Gasteiger partial charge < -0.3 is 28.2 Å². The van der Waals surface area contributed by atoms with Crippen LogP contribution in [0, 0.1) is 0 Å². The molecule has 0 saturated carbocycles. The normalized spacial score (nSPS) is 11.4. The van der Waals surface area contributed by atoms with Crippen LogP contribution in [0.4, 0.5) is 0 Å². The maximum absolute atomic E-state index is 11.6. The second-order valence-corrected chi connectivity index (χ2v) is 11.7. The molecule has 0 aliphatic rings. The summed E-state index contributed by atoms with van der Waals surface area (Å²) < 4.78 is 30.5. The number of ether oxygens (including phenoxy) is 2. The van der Waals surface area contributed by atoms with Gasteiger partial charge in [0.25, 0.3) is 0 Å². The van der Waals surface area contributed by atoms with Crippen LogP contribution in [0.25, 0.3) is 11.1 Å². The summed E-state index contributed by atoms with van der Waals surface area (Å²) in [5.74, 6) is 3.25. The lowest BCUT2D eigenvalue weighted by molar-refractivity contribution is 0.383. The van der Waals surface area contributed by atoms with Crippen molar-refractivity contribution in [2.75, 3.05) is 14.2 Å². The van der Waals surface area contributed by atoms with Crippen molar-refractivity contribution < 1.29 is 28.2 Å². The van der Waals surface area contributed by atoms with Gasteiger partial charge in [0.2, 0.25) is 0 Å². The molecule has 4 aromatic carbocycles. The Morgan fingerprint density at radius 2 is 1.15 bits per heavy atom. The maximum atomic E-state index is 11.6.